The minimum atomic E-state index is -1.20. The molecule has 10 heteroatoms. The van der Waals surface area contributed by atoms with E-state index in [0.717, 1.165) is 0 Å². The fourth-order valence-corrected chi connectivity index (χ4v) is 2.81. The first-order chi connectivity index (χ1) is 11.6. The Morgan fingerprint density at radius 2 is 2.04 bits per heavy atom. The fourth-order valence-electron chi connectivity index (χ4n) is 2.12. The van der Waals surface area contributed by atoms with E-state index >= 15 is 0 Å². The number of carbonyl (C=O) groups excluding carboxylic acids is 2. The highest BCUT2D eigenvalue weighted by Gasteiger charge is 2.69. The summed E-state index contributed by atoms with van der Waals surface area (Å²) < 4.78 is 8.87. The van der Waals surface area contributed by atoms with Gasteiger partial charge in [0.25, 0.3) is 11.6 Å². The third kappa shape index (κ3) is 4.13. The number of rotatable bonds is 7. The maximum atomic E-state index is 11.9. The van der Waals surface area contributed by atoms with Crippen LogP contribution in [0.25, 0.3) is 0 Å². The van der Waals surface area contributed by atoms with Crippen molar-refractivity contribution in [3.8, 4) is 5.75 Å². The van der Waals surface area contributed by atoms with Gasteiger partial charge in [-0.3, -0.25) is 19.7 Å². The molecule has 8 nitrogen and oxygen atoms in total. The van der Waals surface area contributed by atoms with Gasteiger partial charge in [-0.1, -0.05) is 0 Å². The van der Waals surface area contributed by atoms with Crippen LogP contribution in [-0.4, -0.2) is 34.3 Å². The second kappa shape index (κ2) is 7.05. The van der Waals surface area contributed by atoms with E-state index in [2.05, 4.69) is 5.32 Å². The molecule has 0 saturated heterocycles. The van der Waals surface area contributed by atoms with Gasteiger partial charge >= 0.3 is 5.97 Å². The molecule has 1 aliphatic carbocycles. The molecule has 0 unspecified atom stereocenters. The SMILES string of the molecule is CCOc1ccc(NC(=O)COC(=O)[C@@]2(C)CC2(Cl)Cl)c([N+](=O)[O-])c1. The topological polar surface area (TPSA) is 108 Å². The largest absolute Gasteiger partial charge is 0.494 e. The summed E-state index contributed by atoms with van der Waals surface area (Å²) >= 11 is 11.7. The smallest absolute Gasteiger partial charge is 0.315 e. The maximum absolute atomic E-state index is 11.9. The van der Waals surface area contributed by atoms with E-state index in [4.69, 9.17) is 32.7 Å². The number of nitro benzene ring substituents is 1. The number of amides is 1. The predicted octanol–water partition coefficient (Wildman–Crippen LogP) is 3.06. The number of anilines is 1. The molecule has 0 aliphatic heterocycles. The highest BCUT2D eigenvalue weighted by molar-refractivity contribution is 6.53. The summed E-state index contributed by atoms with van der Waals surface area (Å²) in [5.74, 6) is -1.12. The molecule has 1 aliphatic rings. The van der Waals surface area contributed by atoms with Crippen molar-refractivity contribution in [3.63, 3.8) is 0 Å². The zero-order valence-corrected chi connectivity index (χ0v) is 15.0. The minimum Gasteiger partial charge on any atom is -0.494 e. The van der Waals surface area contributed by atoms with Gasteiger partial charge in [0, 0.05) is 6.42 Å². The highest BCUT2D eigenvalue weighted by Crippen LogP contribution is 2.64. The second-order valence-electron chi connectivity index (χ2n) is 5.71. The number of esters is 1. The Kier molecular flexibility index (Phi) is 5.43. The van der Waals surface area contributed by atoms with E-state index in [1.165, 1.54) is 25.1 Å². The molecule has 1 aromatic carbocycles. The molecular weight excluding hydrogens is 375 g/mol. The molecule has 2 rings (SSSR count). The van der Waals surface area contributed by atoms with Gasteiger partial charge in [-0.25, -0.2) is 0 Å². The molecule has 0 aromatic heterocycles. The van der Waals surface area contributed by atoms with Gasteiger partial charge in [0.2, 0.25) is 0 Å². The Bertz CT molecular complexity index is 724. The number of hydrogen-bond acceptors (Lipinski definition) is 6. The predicted molar refractivity (Wildman–Crippen MR) is 91.0 cm³/mol. The summed E-state index contributed by atoms with van der Waals surface area (Å²) in [5, 5.41) is 13.5. The van der Waals surface area contributed by atoms with Gasteiger partial charge in [0.05, 0.1) is 17.6 Å². The van der Waals surface area contributed by atoms with Crippen LogP contribution in [0.3, 0.4) is 0 Å². The van der Waals surface area contributed by atoms with Crippen LogP contribution >= 0.6 is 23.2 Å². The van der Waals surface area contributed by atoms with Crippen molar-refractivity contribution in [2.45, 2.75) is 24.6 Å². The zero-order valence-electron chi connectivity index (χ0n) is 13.5. The number of alkyl halides is 2. The van der Waals surface area contributed by atoms with Crippen LogP contribution in [0.2, 0.25) is 0 Å². The van der Waals surface area contributed by atoms with Crippen LogP contribution in [0, 0.1) is 15.5 Å². The van der Waals surface area contributed by atoms with Gasteiger partial charge in [-0.15, -0.1) is 23.2 Å². The second-order valence-corrected chi connectivity index (χ2v) is 7.19. The zero-order chi connectivity index (χ0) is 18.8. The number of carbonyl (C=O) groups is 2. The summed E-state index contributed by atoms with van der Waals surface area (Å²) in [6.07, 6.45) is 0.230. The average Bonchev–Trinajstić information content (AvgIpc) is 3.06. The number of hydrogen-bond donors (Lipinski definition) is 1. The van der Waals surface area contributed by atoms with Crippen LogP contribution in [0.1, 0.15) is 20.3 Å². The van der Waals surface area contributed by atoms with E-state index in [9.17, 15) is 19.7 Å². The van der Waals surface area contributed by atoms with Crippen molar-refractivity contribution in [2.75, 3.05) is 18.5 Å². The quantitative estimate of drug-likeness (QED) is 0.331. The van der Waals surface area contributed by atoms with Crippen molar-refractivity contribution in [3.05, 3.63) is 28.3 Å². The summed E-state index contributed by atoms with van der Waals surface area (Å²) in [4.78, 5) is 34.3. The lowest BCUT2D eigenvalue weighted by atomic mass is 10.1. The summed E-state index contributed by atoms with van der Waals surface area (Å²) in [6, 6.07) is 4.03. The van der Waals surface area contributed by atoms with Gasteiger partial charge in [0.15, 0.2) is 6.61 Å². The van der Waals surface area contributed by atoms with Crippen molar-refractivity contribution < 1.29 is 24.0 Å². The molecule has 0 spiro atoms. The molecule has 0 heterocycles. The summed E-state index contributed by atoms with van der Waals surface area (Å²) in [7, 11) is 0. The first-order valence-electron chi connectivity index (χ1n) is 7.37. The van der Waals surface area contributed by atoms with Crippen LogP contribution in [0.4, 0.5) is 11.4 Å². The Balaban J connectivity index is 1.98. The first-order valence-corrected chi connectivity index (χ1v) is 8.12. The van der Waals surface area contributed by atoms with Crippen molar-refractivity contribution in [1.82, 2.24) is 0 Å². The summed E-state index contributed by atoms with van der Waals surface area (Å²) in [6.45, 7) is 3.01. The standard InChI is InChI=1S/C15H16Cl2N2O6/c1-3-24-9-4-5-10(11(6-9)19(22)23)18-12(20)7-25-13(21)14(2)8-15(14,16)17/h4-6H,3,7-8H2,1-2H3,(H,18,20)/t14-/m1/s1. The van der Waals surface area contributed by atoms with E-state index in [1.807, 2.05) is 0 Å². The van der Waals surface area contributed by atoms with Crippen molar-refractivity contribution in [1.29, 1.82) is 0 Å². The molecule has 1 fully saturated rings. The van der Waals surface area contributed by atoms with E-state index in [-0.39, 0.29) is 17.8 Å². The monoisotopic (exact) mass is 390 g/mol. The average molecular weight is 391 g/mol. The molecule has 0 bridgehead atoms. The molecule has 25 heavy (non-hydrogen) atoms. The van der Waals surface area contributed by atoms with Crippen LogP contribution in [0.15, 0.2) is 18.2 Å². The maximum Gasteiger partial charge on any atom is 0.315 e. The van der Waals surface area contributed by atoms with Crippen LogP contribution in [-0.2, 0) is 14.3 Å². The lowest BCUT2D eigenvalue weighted by molar-refractivity contribution is -0.384. The third-order valence-electron chi connectivity index (χ3n) is 3.79. The first kappa shape index (κ1) is 19.3. The molecule has 1 aromatic rings. The van der Waals surface area contributed by atoms with Crippen LogP contribution in [0.5, 0.6) is 5.75 Å². The van der Waals surface area contributed by atoms with E-state index in [1.54, 1.807) is 6.92 Å². The molecule has 1 atom stereocenters. The molecular formula is C15H16Cl2N2O6. The van der Waals surface area contributed by atoms with Crippen molar-refractivity contribution >= 4 is 46.5 Å². The van der Waals surface area contributed by atoms with Crippen molar-refractivity contribution in [2.24, 2.45) is 5.41 Å². The Labute approximate surface area is 153 Å². The van der Waals surface area contributed by atoms with Gasteiger partial charge < -0.3 is 14.8 Å². The molecule has 1 N–H and O–H groups in total. The number of halogens is 2. The third-order valence-corrected chi connectivity index (χ3v) is 4.90. The Hall–Kier alpha value is -2.06. The van der Waals surface area contributed by atoms with E-state index < -0.39 is 33.2 Å². The lowest BCUT2D eigenvalue weighted by Crippen LogP contribution is -2.27. The number of ether oxygens (including phenoxy) is 2. The fraction of sp³-hybridized carbons (Fsp3) is 0.467. The lowest BCUT2D eigenvalue weighted by Gasteiger charge is -2.12. The normalized spacial score (nSPS) is 20.5. The molecule has 1 amide bonds. The number of nitro groups is 1. The van der Waals surface area contributed by atoms with Crippen LogP contribution < -0.4 is 10.1 Å². The Morgan fingerprint density at radius 1 is 1.40 bits per heavy atom. The number of benzene rings is 1. The summed E-state index contributed by atoms with van der Waals surface area (Å²) in [5.41, 5.74) is -1.42. The van der Waals surface area contributed by atoms with Gasteiger partial charge in [0.1, 0.15) is 21.2 Å². The Morgan fingerprint density at radius 3 is 2.56 bits per heavy atom. The number of nitrogens with one attached hydrogen (secondary N) is 1. The highest BCUT2D eigenvalue weighted by atomic mass is 35.5. The molecule has 136 valence electrons. The van der Waals surface area contributed by atoms with E-state index in [0.29, 0.717) is 12.4 Å². The minimum absolute atomic E-state index is 0.0313. The molecule has 1 saturated carbocycles. The van der Waals surface area contributed by atoms with Gasteiger partial charge in [-0.05, 0) is 26.0 Å². The number of nitrogens with zero attached hydrogens (tertiary/aromatic N) is 1. The van der Waals surface area contributed by atoms with Gasteiger partial charge in [-0.2, -0.15) is 0 Å². The molecule has 0 radical (unpaired) electrons.